The number of hydrogen-bond donors (Lipinski definition) is 3. The van der Waals surface area contributed by atoms with Gasteiger partial charge in [-0.2, -0.15) is 0 Å². The fraction of sp³-hybridized carbons (Fsp3) is 0.526. The number of carbonyl (C=O) groups is 1. The summed E-state index contributed by atoms with van der Waals surface area (Å²) >= 11 is 0. The van der Waals surface area contributed by atoms with E-state index in [0.29, 0.717) is 0 Å². The average molecular weight is 334 g/mol. The normalized spacial score (nSPS) is 14.0. The molecule has 1 aromatic rings. The Balaban J connectivity index is 2.95. The summed E-state index contributed by atoms with van der Waals surface area (Å²) in [7, 11) is 0. The molecule has 0 spiro atoms. The Labute approximate surface area is 145 Å². The Kier molecular flexibility index (Phi) is 6.99. The van der Waals surface area contributed by atoms with E-state index < -0.39 is 17.7 Å². The molecule has 0 radical (unpaired) electrons. The average Bonchev–Trinajstić information content (AvgIpc) is 2.45. The number of amides is 2. The van der Waals surface area contributed by atoms with E-state index in [9.17, 15) is 15.0 Å². The third kappa shape index (κ3) is 5.98. The van der Waals surface area contributed by atoms with E-state index in [1.807, 2.05) is 45.0 Å². The standard InChI is InChI=1S/C19H30N2O3/c1-13(2)16-8-7-9-17(10-16)19(5,6)20-18(24)21(11-14(3)22)12-15(4)23/h7-10,14-15,22-23H,1,11-12H2,2-6H3,(H,20,24)/t14-,15-/m0/s1. The largest absolute Gasteiger partial charge is 0.392 e. The molecule has 0 saturated heterocycles. The number of nitrogens with one attached hydrogen (secondary N) is 1. The first-order valence-electron chi connectivity index (χ1n) is 8.22. The van der Waals surface area contributed by atoms with Gasteiger partial charge in [-0.1, -0.05) is 30.4 Å². The lowest BCUT2D eigenvalue weighted by Gasteiger charge is -2.33. The molecular formula is C19H30N2O3. The molecule has 0 heterocycles. The van der Waals surface area contributed by atoms with Crippen molar-refractivity contribution in [2.45, 2.75) is 52.4 Å². The van der Waals surface area contributed by atoms with Crippen LogP contribution in [0.3, 0.4) is 0 Å². The monoisotopic (exact) mass is 334 g/mol. The van der Waals surface area contributed by atoms with Gasteiger partial charge in [-0.3, -0.25) is 0 Å². The third-order valence-corrected chi connectivity index (χ3v) is 3.75. The molecule has 0 bridgehead atoms. The number of aliphatic hydroxyl groups excluding tert-OH is 2. The molecule has 0 aliphatic heterocycles. The Bertz CT molecular complexity index is 570. The van der Waals surface area contributed by atoms with Crippen molar-refractivity contribution < 1.29 is 15.0 Å². The van der Waals surface area contributed by atoms with Crippen molar-refractivity contribution in [3.8, 4) is 0 Å². The summed E-state index contributed by atoms with van der Waals surface area (Å²) in [6.45, 7) is 13.3. The fourth-order valence-corrected chi connectivity index (χ4v) is 2.47. The molecule has 0 unspecified atom stereocenters. The van der Waals surface area contributed by atoms with Crippen LogP contribution >= 0.6 is 0 Å². The molecular weight excluding hydrogens is 304 g/mol. The van der Waals surface area contributed by atoms with Gasteiger partial charge >= 0.3 is 6.03 Å². The van der Waals surface area contributed by atoms with Crippen molar-refractivity contribution in [2.75, 3.05) is 13.1 Å². The Morgan fingerprint density at radius 2 is 1.79 bits per heavy atom. The first-order valence-corrected chi connectivity index (χ1v) is 8.22. The smallest absolute Gasteiger partial charge is 0.318 e. The first kappa shape index (κ1) is 20.2. The fourth-order valence-electron chi connectivity index (χ4n) is 2.47. The van der Waals surface area contributed by atoms with Crippen molar-refractivity contribution in [1.29, 1.82) is 0 Å². The molecule has 134 valence electrons. The molecule has 2 atom stereocenters. The Morgan fingerprint density at radius 3 is 2.25 bits per heavy atom. The Hall–Kier alpha value is -1.85. The van der Waals surface area contributed by atoms with Crippen LogP contribution in [0.15, 0.2) is 30.8 Å². The van der Waals surface area contributed by atoms with Gasteiger partial charge in [-0.25, -0.2) is 4.79 Å². The second kappa shape index (κ2) is 8.31. The zero-order valence-electron chi connectivity index (χ0n) is 15.3. The number of benzene rings is 1. The molecule has 1 rings (SSSR count). The topological polar surface area (TPSA) is 72.8 Å². The van der Waals surface area contributed by atoms with Gasteiger partial charge in [-0.15, -0.1) is 0 Å². The number of hydrogen-bond acceptors (Lipinski definition) is 3. The van der Waals surface area contributed by atoms with E-state index in [-0.39, 0.29) is 19.1 Å². The molecule has 5 heteroatoms. The van der Waals surface area contributed by atoms with E-state index in [1.54, 1.807) is 13.8 Å². The van der Waals surface area contributed by atoms with Gasteiger partial charge in [0.2, 0.25) is 0 Å². The van der Waals surface area contributed by atoms with Crippen LogP contribution in [-0.4, -0.2) is 46.4 Å². The van der Waals surface area contributed by atoms with Crippen LogP contribution in [0.5, 0.6) is 0 Å². The SMILES string of the molecule is C=C(C)c1cccc(C(C)(C)NC(=O)N(C[C@H](C)O)C[C@H](C)O)c1. The van der Waals surface area contributed by atoms with Crippen molar-refractivity contribution >= 4 is 11.6 Å². The van der Waals surface area contributed by atoms with Crippen molar-refractivity contribution in [3.63, 3.8) is 0 Å². The summed E-state index contributed by atoms with van der Waals surface area (Å²) in [5, 5.41) is 22.2. The van der Waals surface area contributed by atoms with Gasteiger partial charge in [0.05, 0.1) is 17.7 Å². The minimum Gasteiger partial charge on any atom is -0.392 e. The van der Waals surface area contributed by atoms with Gasteiger partial charge < -0.3 is 20.4 Å². The van der Waals surface area contributed by atoms with Gasteiger partial charge in [0.15, 0.2) is 0 Å². The highest BCUT2D eigenvalue weighted by molar-refractivity contribution is 5.75. The second-order valence-corrected chi connectivity index (χ2v) is 7.02. The second-order valence-electron chi connectivity index (χ2n) is 7.02. The van der Waals surface area contributed by atoms with Crippen LogP contribution in [0.4, 0.5) is 4.79 Å². The van der Waals surface area contributed by atoms with E-state index in [1.165, 1.54) is 4.90 Å². The predicted molar refractivity (Wildman–Crippen MR) is 97.6 cm³/mol. The first-order chi connectivity index (χ1) is 11.0. The van der Waals surface area contributed by atoms with E-state index >= 15 is 0 Å². The maximum absolute atomic E-state index is 12.6. The van der Waals surface area contributed by atoms with Crippen LogP contribution in [-0.2, 0) is 5.54 Å². The maximum Gasteiger partial charge on any atom is 0.318 e. The number of allylic oxidation sites excluding steroid dienone is 1. The van der Waals surface area contributed by atoms with Gasteiger partial charge in [0.25, 0.3) is 0 Å². The maximum atomic E-state index is 12.6. The summed E-state index contributed by atoms with van der Waals surface area (Å²) < 4.78 is 0. The number of urea groups is 1. The zero-order valence-corrected chi connectivity index (χ0v) is 15.3. The van der Waals surface area contributed by atoms with Crippen molar-refractivity contribution in [1.82, 2.24) is 10.2 Å². The molecule has 3 N–H and O–H groups in total. The summed E-state index contributed by atoms with van der Waals surface area (Å²) in [6.07, 6.45) is -1.33. The van der Waals surface area contributed by atoms with Gasteiger partial charge in [0, 0.05) is 13.1 Å². The molecule has 5 nitrogen and oxygen atoms in total. The van der Waals surface area contributed by atoms with Crippen molar-refractivity contribution in [3.05, 3.63) is 42.0 Å². The van der Waals surface area contributed by atoms with Gasteiger partial charge in [-0.05, 0) is 51.8 Å². The summed E-state index contributed by atoms with van der Waals surface area (Å²) in [4.78, 5) is 14.0. The Morgan fingerprint density at radius 1 is 1.25 bits per heavy atom. The number of aliphatic hydroxyl groups is 2. The quantitative estimate of drug-likeness (QED) is 0.718. The van der Waals surface area contributed by atoms with Crippen LogP contribution in [0.2, 0.25) is 0 Å². The van der Waals surface area contributed by atoms with Crippen LogP contribution in [0.25, 0.3) is 5.57 Å². The predicted octanol–water partition coefficient (Wildman–Crippen LogP) is 2.73. The molecule has 0 aromatic heterocycles. The molecule has 2 amide bonds. The highest BCUT2D eigenvalue weighted by Gasteiger charge is 2.27. The lowest BCUT2D eigenvalue weighted by Crippen LogP contribution is -2.51. The highest BCUT2D eigenvalue weighted by atomic mass is 16.3. The molecule has 0 aliphatic carbocycles. The van der Waals surface area contributed by atoms with Gasteiger partial charge in [0.1, 0.15) is 0 Å². The lowest BCUT2D eigenvalue weighted by molar-refractivity contribution is 0.0935. The molecule has 0 aliphatic rings. The molecule has 1 aromatic carbocycles. The third-order valence-electron chi connectivity index (χ3n) is 3.75. The van der Waals surface area contributed by atoms with Crippen LogP contribution in [0, 0.1) is 0 Å². The number of carbonyl (C=O) groups excluding carboxylic acids is 1. The zero-order chi connectivity index (χ0) is 18.5. The van der Waals surface area contributed by atoms with E-state index in [2.05, 4.69) is 11.9 Å². The summed E-state index contributed by atoms with van der Waals surface area (Å²) in [5.74, 6) is 0. The molecule has 0 saturated carbocycles. The minimum atomic E-state index is -0.663. The molecule has 24 heavy (non-hydrogen) atoms. The number of rotatable bonds is 7. The van der Waals surface area contributed by atoms with Crippen molar-refractivity contribution in [2.24, 2.45) is 0 Å². The lowest BCUT2D eigenvalue weighted by atomic mass is 9.92. The highest BCUT2D eigenvalue weighted by Crippen LogP contribution is 2.23. The van der Waals surface area contributed by atoms with E-state index in [0.717, 1.165) is 16.7 Å². The van der Waals surface area contributed by atoms with Crippen LogP contribution in [0.1, 0.15) is 45.7 Å². The van der Waals surface area contributed by atoms with Crippen LogP contribution < -0.4 is 5.32 Å². The number of nitrogens with zero attached hydrogens (tertiary/aromatic N) is 1. The minimum absolute atomic E-state index is 0.165. The summed E-state index contributed by atoms with van der Waals surface area (Å²) in [5.41, 5.74) is 2.35. The summed E-state index contributed by atoms with van der Waals surface area (Å²) in [6, 6.07) is 7.58. The van der Waals surface area contributed by atoms with E-state index in [4.69, 9.17) is 0 Å². The molecule has 0 fully saturated rings.